The average molecular weight is 429 g/mol. The highest BCUT2D eigenvalue weighted by Crippen LogP contribution is 2.27. The topological polar surface area (TPSA) is 101 Å². The van der Waals surface area contributed by atoms with Crippen molar-refractivity contribution in [2.24, 2.45) is 0 Å². The summed E-state index contributed by atoms with van der Waals surface area (Å²) in [6.45, 7) is 0. The monoisotopic (exact) mass is 428 g/mol. The Kier molecular flexibility index (Phi) is 4.88. The quantitative estimate of drug-likeness (QED) is 0.339. The Morgan fingerprint density at radius 3 is 2.63 bits per heavy atom. The van der Waals surface area contributed by atoms with Crippen LogP contribution in [-0.4, -0.2) is 20.8 Å². The van der Waals surface area contributed by atoms with Crippen LogP contribution in [0.5, 0.6) is 0 Å². The molecule has 4 rings (SSSR count). The number of non-ortho nitro benzene ring substituents is 1. The standard InChI is InChI=1S/C20H11ClF2N4O3/c21-15-9-12(27(29)30)3-4-13(15)20(28)24-11-2-6-17-18(8-11)26-19(25-17)14-7-10(22)1-5-16(14)23/h1-9H,(H,24,28)(H,25,26). The van der Waals surface area contributed by atoms with E-state index in [2.05, 4.69) is 15.3 Å². The first-order chi connectivity index (χ1) is 14.3. The highest BCUT2D eigenvalue weighted by molar-refractivity contribution is 6.34. The Bertz CT molecular complexity index is 1320. The maximum absolute atomic E-state index is 14.0. The van der Waals surface area contributed by atoms with Crippen molar-refractivity contribution < 1.29 is 18.5 Å². The van der Waals surface area contributed by atoms with E-state index < -0.39 is 22.5 Å². The van der Waals surface area contributed by atoms with E-state index in [1.165, 1.54) is 12.1 Å². The van der Waals surface area contributed by atoms with Crippen molar-refractivity contribution in [2.75, 3.05) is 5.32 Å². The Balaban J connectivity index is 1.62. The lowest BCUT2D eigenvalue weighted by Gasteiger charge is -2.06. The third-order valence-electron chi connectivity index (χ3n) is 4.33. The number of rotatable bonds is 4. The molecular formula is C20H11ClF2N4O3. The summed E-state index contributed by atoms with van der Waals surface area (Å²) < 4.78 is 27.5. The molecule has 0 atom stereocenters. The number of imidazole rings is 1. The Morgan fingerprint density at radius 2 is 1.90 bits per heavy atom. The summed E-state index contributed by atoms with van der Waals surface area (Å²) in [6.07, 6.45) is 0. The van der Waals surface area contributed by atoms with Gasteiger partial charge >= 0.3 is 0 Å². The number of aromatic amines is 1. The van der Waals surface area contributed by atoms with Gasteiger partial charge in [0.1, 0.15) is 17.5 Å². The Labute approximate surface area is 172 Å². The molecule has 0 saturated heterocycles. The first-order valence-electron chi connectivity index (χ1n) is 8.52. The number of amides is 1. The van der Waals surface area contributed by atoms with Gasteiger partial charge in [0.2, 0.25) is 0 Å². The molecule has 150 valence electrons. The number of nitro groups is 1. The summed E-state index contributed by atoms with van der Waals surface area (Å²) in [5, 5.41) is 13.4. The summed E-state index contributed by atoms with van der Waals surface area (Å²) in [5.41, 5.74) is 1.18. The van der Waals surface area contributed by atoms with E-state index in [1.54, 1.807) is 18.2 Å². The van der Waals surface area contributed by atoms with E-state index in [-0.39, 0.29) is 27.7 Å². The molecule has 0 saturated carbocycles. The van der Waals surface area contributed by atoms with E-state index in [0.717, 1.165) is 24.3 Å². The molecule has 0 bridgehead atoms. The molecule has 0 aliphatic rings. The van der Waals surface area contributed by atoms with Gasteiger partial charge in [-0.15, -0.1) is 0 Å². The second-order valence-electron chi connectivity index (χ2n) is 6.32. The average Bonchev–Trinajstić information content (AvgIpc) is 3.12. The number of anilines is 1. The molecule has 2 N–H and O–H groups in total. The molecule has 10 heteroatoms. The molecule has 0 unspecified atom stereocenters. The van der Waals surface area contributed by atoms with Crippen LogP contribution in [0.1, 0.15) is 10.4 Å². The van der Waals surface area contributed by atoms with Crippen molar-refractivity contribution in [3.63, 3.8) is 0 Å². The second kappa shape index (κ2) is 7.53. The van der Waals surface area contributed by atoms with Crippen LogP contribution < -0.4 is 5.32 Å². The highest BCUT2D eigenvalue weighted by atomic mass is 35.5. The minimum atomic E-state index is -0.628. The molecule has 1 aromatic heterocycles. The SMILES string of the molecule is O=C(Nc1ccc2nc(-c3cc(F)ccc3F)[nH]c2c1)c1ccc([N+](=O)[O-])cc1Cl. The fourth-order valence-corrected chi connectivity index (χ4v) is 3.15. The lowest BCUT2D eigenvalue weighted by atomic mass is 10.2. The van der Waals surface area contributed by atoms with Crippen LogP contribution in [0.25, 0.3) is 22.4 Å². The number of carbonyl (C=O) groups is 1. The lowest BCUT2D eigenvalue weighted by molar-refractivity contribution is -0.384. The predicted molar refractivity (Wildman–Crippen MR) is 108 cm³/mol. The molecule has 0 radical (unpaired) electrons. The molecule has 0 aliphatic heterocycles. The molecule has 4 aromatic rings. The minimum absolute atomic E-state index is 0.0190. The van der Waals surface area contributed by atoms with Gasteiger partial charge in [0.05, 0.1) is 32.1 Å². The number of aromatic nitrogens is 2. The first-order valence-corrected chi connectivity index (χ1v) is 8.90. The van der Waals surface area contributed by atoms with Gasteiger partial charge in [0, 0.05) is 17.8 Å². The summed E-state index contributed by atoms with van der Waals surface area (Å²) in [7, 11) is 0. The number of nitrogens with one attached hydrogen (secondary N) is 2. The summed E-state index contributed by atoms with van der Waals surface area (Å²) >= 11 is 5.98. The van der Waals surface area contributed by atoms with Crippen LogP contribution in [0.2, 0.25) is 5.02 Å². The van der Waals surface area contributed by atoms with Crippen LogP contribution in [0.3, 0.4) is 0 Å². The number of fused-ring (bicyclic) bond motifs is 1. The van der Waals surface area contributed by atoms with Gasteiger partial charge < -0.3 is 10.3 Å². The largest absolute Gasteiger partial charge is 0.338 e. The molecule has 0 aliphatic carbocycles. The van der Waals surface area contributed by atoms with Crippen molar-refractivity contribution in [1.82, 2.24) is 9.97 Å². The normalized spacial score (nSPS) is 10.9. The van der Waals surface area contributed by atoms with Crippen LogP contribution in [0.4, 0.5) is 20.2 Å². The highest BCUT2D eigenvalue weighted by Gasteiger charge is 2.16. The smallest absolute Gasteiger partial charge is 0.270 e. The zero-order valence-corrected chi connectivity index (χ0v) is 15.7. The Morgan fingerprint density at radius 1 is 1.10 bits per heavy atom. The zero-order chi connectivity index (χ0) is 21.4. The third-order valence-corrected chi connectivity index (χ3v) is 4.64. The number of nitro benzene ring substituents is 1. The number of H-pyrrole nitrogens is 1. The van der Waals surface area contributed by atoms with Gasteiger partial charge in [-0.3, -0.25) is 14.9 Å². The first kappa shape index (κ1) is 19.5. The van der Waals surface area contributed by atoms with Crippen molar-refractivity contribution in [3.05, 3.63) is 86.9 Å². The fraction of sp³-hybridized carbons (Fsp3) is 0. The van der Waals surface area contributed by atoms with E-state index in [0.29, 0.717) is 16.7 Å². The summed E-state index contributed by atoms with van der Waals surface area (Å²) in [5.74, 6) is -1.65. The molecule has 3 aromatic carbocycles. The van der Waals surface area contributed by atoms with Crippen molar-refractivity contribution in [2.45, 2.75) is 0 Å². The number of hydrogen-bond donors (Lipinski definition) is 2. The number of nitrogens with zero attached hydrogens (tertiary/aromatic N) is 2. The molecule has 1 heterocycles. The minimum Gasteiger partial charge on any atom is -0.338 e. The van der Waals surface area contributed by atoms with E-state index in [4.69, 9.17) is 11.6 Å². The number of halogens is 3. The molecule has 7 nitrogen and oxygen atoms in total. The summed E-state index contributed by atoms with van der Waals surface area (Å²) in [4.78, 5) is 29.8. The number of carbonyl (C=O) groups excluding carboxylic acids is 1. The van der Waals surface area contributed by atoms with E-state index >= 15 is 0 Å². The van der Waals surface area contributed by atoms with Gasteiger partial charge in [-0.25, -0.2) is 13.8 Å². The van der Waals surface area contributed by atoms with E-state index in [9.17, 15) is 23.7 Å². The molecular weight excluding hydrogens is 418 g/mol. The van der Waals surface area contributed by atoms with Gasteiger partial charge in [-0.2, -0.15) is 0 Å². The van der Waals surface area contributed by atoms with Crippen LogP contribution in [0, 0.1) is 21.7 Å². The molecule has 0 fully saturated rings. The number of hydrogen-bond acceptors (Lipinski definition) is 4. The maximum atomic E-state index is 14.0. The second-order valence-corrected chi connectivity index (χ2v) is 6.72. The number of benzene rings is 3. The van der Waals surface area contributed by atoms with Crippen LogP contribution in [-0.2, 0) is 0 Å². The van der Waals surface area contributed by atoms with Gasteiger partial charge in [-0.1, -0.05) is 11.6 Å². The molecule has 1 amide bonds. The van der Waals surface area contributed by atoms with Gasteiger partial charge in [0.15, 0.2) is 0 Å². The zero-order valence-electron chi connectivity index (χ0n) is 14.9. The molecule has 0 spiro atoms. The lowest BCUT2D eigenvalue weighted by Crippen LogP contribution is -2.12. The van der Waals surface area contributed by atoms with Gasteiger partial charge in [0.25, 0.3) is 11.6 Å². The summed E-state index contributed by atoms with van der Waals surface area (Å²) in [6, 6.07) is 11.3. The fourth-order valence-electron chi connectivity index (χ4n) is 2.89. The van der Waals surface area contributed by atoms with Crippen LogP contribution in [0.15, 0.2) is 54.6 Å². The van der Waals surface area contributed by atoms with E-state index in [1.807, 2.05) is 0 Å². The third kappa shape index (κ3) is 3.70. The van der Waals surface area contributed by atoms with Crippen molar-refractivity contribution in [3.8, 4) is 11.4 Å². The van der Waals surface area contributed by atoms with Gasteiger partial charge in [-0.05, 0) is 42.5 Å². The molecule has 30 heavy (non-hydrogen) atoms. The Hall–Kier alpha value is -3.85. The van der Waals surface area contributed by atoms with Crippen LogP contribution >= 0.6 is 11.6 Å². The van der Waals surface area contributed by atoms with Crippen molar-refractivity contribution in [1.29, 1.82) is 0 Å². The predicted octanol–water partition coefficient (Wildman–Crippen LogP) is 5.32. The maximum Gasteiger partial charge on any atom is 0.270 e. The van der Waals surface area contributed by atoms with Crippen molar-refractivity contribution >= 4 is 39.9 Å².